The van der Waals surface area contributed by atoms with E-state index in [4.69, 9.17) is 10.5 Å². The van der Waals surface area contributed by atoms with Gasteiger partial charge < -0.3 is 10.5 Å². The Bertz CT molecular complexity index is 323. The fourth-order valence-electron chi connectivity index (χ4n) is 1.78. The minimum Gasteiger partial charge on any atom is -0.379 e. The van der Waals surface area contributed by atoms with Gasteiger partial charge in [-0.05, 0) is 36.6 Å². The maximum absolute atomic E-state index is 12.9. The summed E-state index contributed by atoms with van der Waals surface area (Å²) in [5, 5.41) is 0. The molecule has 0 heterocycles. The lowest BCUT2D eigenvalue weighted by Crippen LogP contribution is -2.28. The predicted octanol–water partition coefficient (Wildman–Crippen LogP) is 2.56. The molecular weight excluding hydrogens is 193 g/mol. The molecule has 0 radical (unpaired) electrons. The average molecular weight is 211 g/mol. The summed E-state index contributed by atoms with van der Waals surface area (Å²) in [6.45, 7) is 3.88. The van der Waals surface area contributed by atoms with Crippen molar-refractivity contribution in [3.8, 4) is 0 Å². The van der Waals surface area contributed by atoms with Crippen molar-refractivity contribution in [2.45, 2.75) is 32.4 Å². The Morgan fingerprint density at radius 1 is 1.47 bits per heavy atom. The summed E-state index contributed by atoms with van der Waals surface area (Å²) in [4.78, 5) is 0. The van der Waals surface area contributed by atoms with Crippen molar-refractivity contribution in [1.29, 1.82) is 0 Å². The van der Waals surface area contributed by atoms with E-state index < -0.39 is 0 Å². The first-order chi connectivity index (χ1) is 7.10. The largest absolute Gasteiger partial charge is 0.379 e. The Morgan fingerprint density at radius 2 is 2.13 bits per heavy atom. The summed E-state index contributed by atoms with van der Waals surface area (Å²) in [5.74, 6) is -0.228. The molecule has 1 aromatic rings. The molecule has 0 aromatic heterocycles. The number of aryl methyl sites for hydroxylation is 1. The highest BCUT2D eigenvalue weighted by Gasteiger charge is 2.18. The highest BCUT2D eigenvalue weighted by atomic mass is 19.1. The minimum absolute atomic E-state index is 0.0193. The zero-order valence-corrected chi connectivity index (χ0v) is 9.46. The van der Waals surface area contributed by atoms with Crippen LogP contribution in [0.3, 0.4) is 0 Å². The van der Waals surface area contributed by atoms with Crippen LogP contribution < -0.4 is 5.73 Å². The smallest absolute Gasteiger partial charge is 0.123 e. The molecule has 2 nitrogen and oxygen atoms in total. The van der Waals surface area contributed by atoms with Crippen LogP contribution in [0, 0.1) is 12.7 Å². The number of halogens is 1. The lowest BCUT2D eigenvalue weighted by molar-refractivity contribution is 0.0770. The maximum Gasteiger partial charge on any atom is 0.123 e. The van der Waals surface area contributed by atoms with Gasteiger partial charge in [-0.3, -0.25) is 0 Å². The third-order valence-electron chi connectivity index (χ3n) is 2.70. The minimum atomic E-state index is -0.228. The second-order valence-electron chi connectivity index (χ2n) is 3.71. The zero-order chi connectivity index (χ0) is 11.4. The van der Waals surface area contributed by atoms with E-state index in [9.17, 15) is 4.39 Å². The molecule has 0 amide bonds. The zero-order valence-electron chi connectivity index (χ0n) is 9.46. The van der Waals surface area contributed by atoms with Crippen LogP contribution >= 0.6 is 0 Å². The fourth-order valence-corrected chi connectivity index (χ4v) is 1.78. The summed E-state index contributed by atoms with van der Waals surface area (Å²) in [7, 11) is 1.65. The molecule has 2 atom stereocenters. The van der Waals surface area contributed by atoms with E-state index in [2.05, 4.69) is 0 Å². The van der Waals surface area contributed by atoms with Crippen LogP contribution in [0.4, 0.5) is 4.39 Å². The van der Waals surface area contributed by atoms with Gasteiger partial charge in [0.25, 0.3) is 0 Å². The normalized spacial score (nSPS) is 15.0. The Hall–Kier alpha value is -0.930. The van der Waals surface area contributed by atoms with Gasteiger partial charge >= 0.3 is 0 Å². The first kappa shape index (κ1) is 12.1. The molecule has 1 aromatic carbocycles. The number of hydrogen-bond donors (Lipinski definition) is 1. The van der Waals surface area contributed by atoms with Gasteiger partial charge in [0.05, 0.1) is 12.1 Å². The number of methoxy groups -OCH3 is 1. The number of rotatable bonds is 4. The van der Waals surface area contributed by atoms with E-state index in [0.717, 1.165) is 17.5 Å². The van der Waals surface area contributed by atoms with Gasteiger partial charge in [0.1, 0.15) is 5.82 Å². The lowest BCUT2D eigenvalue weighted by Gasteiger charge is -2.23. The van der Waals surface area contributed by atoms with Crippen molar-refractivity contribution in [2.24, 2.45) is 5.73 Å². The molecule has 2 N–H and O–H groups in total. The topological polar surface area (TPSA) is 35.2 Å². The van der Waals surface area contributed by atoms with E-state index in [1.807, 2.05) is 13.8 Å². The number of ether oxygens (including phenoxy) is 1. The van der Waals surface area contributed by atoms with Crippen molar-refractivity contribution in [3.63, 3.8) is 0 Å². The predicted molar refractivity (Wildman–Crippen MR) is 59.2 cm³/mol. The van der Waals surface area contributed by atoms with Crippen LogP contribution in [0.1, 0.15) is 30.5 Å². The Labute approximate surface area is 90.2 Å². The van der Waals surface area contributed by atoms with Crippen LogP contribution in [-0.4, -0.2) is 13.2 Å². The van der Waals surface area contributed by atoms with Crippen LogP contribution in [-0.2, 0) is 4.74 Å². The van der Waals surface area contributed by atoms with Crippen molar-refractivity contribution in [1.82, 2.24) is 0 Å². The average Bonchev–Trinajstić information content (AvgIpc) is 2.19. The molecule has 0 spiro atoms. The van der Waals surface area contributed by atoms with Gasteiger partial charge in [-0.1, -0.05) is 13.0 Å². The number of benzene rings is 1. The van der Waals surface area contributed by atoms with Gasteiger partial charge in [-0.25, -0.2) is 4.39 Å². The number of nitrogens with two attached hydrogens (primary N) is 1. The van der Waals surface area contributed by atoms with Crippen LogP contribution in [0.15, 0.2) is 18.2 Å². The van der Waals surface area contributed by atoms with Crippen molar-refractivity contribution < 1.29 is 9.13 Å². The summed E-state index contributed by atoms with van der Waals surface area (Å²) >= 11 is 0. The van der Waals surface area contributed by atoms with E-state index in [0.29, 0.717) is 0 Å². The summed E-state index contributed by atoms with van der Waals surface area (Å²) in [6.07, 6.45) is 0.822. The SMILES string of the molecule is CCC(OC)C(N)c1ccc(F)cc1C. The molecule has 0 fully saturated rings. The fraction of sp³-hybridized carbons (Fsp3) is 0.500. The molecule has 2 unspecified atom stereocenters. The maximum atomic E-state index is 12.9. The summed E-state index contributed by atoms with van der Waals surface area (Å²) in [6, 6.07) is 4.47. The molecule has 0 saturated carbocycles. The highest BCUT2D eigenvalue weighted by Crippen LogP contribution is 2.22. The third kappa shape index (κ3) is 2.76. The molecule has 0 aliphatic carbocycles. The molecule has 0 aliphatic rings. The molecule has 84 valence electrons. The second kappa shape index (κ2) is 5.24. The molecule has 0 bridgehead atoms. The molecule has 3 heteroatoms. The van der Waals surface area contributed by atoms with Gasteiger partial charge in [0.2, 0.25) is 0 Å². The van der Waals surface area contributed by atoms with Crippen molar-refractivity contribution >= 4 is 0 Å². The molecule has 1 rings (SSSR count). The summed E-state index contributed by atoms with van der Waals surface area (Å²) in [5.41, 5.74) is 7.89. The number of hydrogen-bond acceptors (Lipinski definition) is 2. The first-order valence-electron chi connectivity index (χ1n) is 5.14. The Morgan fingerprint density at radius 3 is 2.60 bits per heavy atom. The van der Waals surface area contributed by atoms with E-state index >= 15 is 0 Å². The van der Waals surface area contributed by atoms with Gasteiger partial charge in [-0.2, -0.15) is 0 Å². The van der Waals surface area contributed by atoms with Crippen LogP contribution in [0.25, 0.3) is 0 Å². The van der Waals surface area contributed by atoms with Crippen molar-refractivity contribution in [2.75, 3.05) is 7.11 Å². The second-order valence-corrected chi connectivity index (χ2v) is 3.71. The third-order valence-corrected chi connectivity index (χ3v) is 2.70. The Kier molecular flexibility index (Phi) is 4.24. The van der Waals surface area contributed by atoms with Crippen LogP contribution in [0.5, 0.6) is 0 Å². The molecular formula is C12H18FNO. The van der Waals surface area contributed by atoms with E-state index in [1.165, 1.54) is 12.1 Å². The van der Waals surface area contributed by atoms with Gasteiger partial charge in [-0.15, -0.1) is 0 Å². The Balaban J connectivity index is 2.94. The first-order valence-corrected chi connectivity index (χ1v) is 5.14. The summed E-state index contributed by atoms with van der Waals surface area (Å²) < 4.78 is 18.2. The van der Waals surface area contributed by atoms with E-state index in [1.54, 1.807) is 13.2 Å². The van der Waals surface area contributed by atoms with E-state index in [-0.39, 0.29) is 18.0 Å². The van der Waals surface area contributed by atoms with Crippen molar-refractivity contribution in [3.05, 3.63) is 35.1 Å². The van der Waals surface area contributed by atoms with Crippen LogP contribution in [0.2, 0.25) is 0 Å². The lowest BCUT2D eigenvalue weighted by atomic mass is 9.96. The monoisotopic (exact) mass is 211 g/mol. The molecule has 0 aliphatic heterocycles. The molecule has 0 saturated heterocycles. The highest BCUT2D eigenvalue weighted by molar-refractivity contribution is 5.30. The van der Waals surface area contributed by atoms with Gasteiger partial charge in [0.15, 0.2) is 0 Å². The molecule has 15 heavy (non-hydrogen) atoms. The quantitative estimate of drug-likeness (QED) is 0.830. The van der Waals surface area contributed by atoms with Gasteiger partial charge in [0, 0.05) is 7.11 Å². The standard InChI is InChI=1S/C12H18FNO/c1-4-11(15-3)12(14)10-6-5-9(13)7-8(10)2/h5-7,11-12H,4,14H2,1-3H3.